The molecule has 2 N–H and O–H groups in total. The minimum Gasteiger partial charge on any atom is -0.395 e. The Balaban J connectivity index is 2.03. The average Bonchev–Trinajstić information content (AvgIpc) is 2.56. The molecule has 22 heavy (non-hydrogen) atoms. The second-order valence-electron chi connectivity index (χ2n) is 5.08. The number of nitrogens with zero attached hydrogens (tertiary/aromatic N) is 1. The molecule has 0 bridgehead atoms. The van der Waals surface area contributed by atoms with Crippen molar-refractivity contribution in [1.29, 1.82) is 0 Å². The predicted octanol–water partition coefficient (Wildman–Crippen LogP) is 3.59. The molecular formula is C18H22N2O2. The number of aliphatic hydroxyl groups excluding tert-OH is 1. The number of hydrogen-bond acceptors (Lipinski definition) is 2. The molecule has 0 saturated carbocycles. The van der Waals surface area contributed by atoms with E-state index in [0.29, 0.717) is 13.1 Å². The normalized spacial score (nSPS) is 10.3. The van der Waals surface area contributed by atoms with Crippen molar-refractivity contribution in [2.75, 3.05) is 25.0 Å². The van der Waals surface area contributed by atoms with Gasteiger partial charge in [-0.15, -0.1) is 0 Å². The van der Waals surface area contributed by atoms with Gasteiger partial charge in [-0.2, -0.15) is 0 Å². The van der Waals surface area contributed by atoms with Gasteiger partial charge in [0.2, 0.25) is 0 Å². The van der Waals surface area contributed by atoms with Gasteiger partial charge in [-0.05, 0) is 29.7 Å². The van der Waals surface area contributed by atoms with E-state index in [9.17, 15) is 4.79 Å². The molecule has 4 heteroatoms. The highest BCUT2D eigenvalue weighted by Crippen LogP contribution is 2.21. The standard InChI is InChI=1S/C18H22N2O2/c1-2-12-20(13-14-21)18(22)19-17-10-8-16(9-11-17)15-6-4-3-5-7-15/h3-11,21H,2,12-14H2,1H3,(H,19,22). The zero-order valence-electron chi connectivity index (χ0n) is 12.8. The molecule has 0 radical (unpaired) electrons. The van der Waals surface area contributed by atoms with Crippen molar-refractivity contribution in [2.24, 2.45) is 0 Å². The first-order valence-electron chi connectivity index (χ1n) is 7.57. The number of carbonyl (C=O) groups excluding carboxylic acids is 1. The van der Waals surface area contributed by atoms with E-state index < -0.39 is 0 Å². The lowest BCUT2D eigenvalue weighted by atomic mass is 10.1. The third-order valence-corrected chi connectivity index (χ3v) is 3.39. The zero-order valence-corrected chi connectivity index (χ0v) is 12.8. The molecule has 0 unspecified atom stereocenters. The molecule has 0 aromatic heterocycles. The highest BCUT2D eigenvalue weighted by Gasteiger charge is 2.11. The van der Waals surface area contributed by atoms with Crippen LogP contribution in [-0.4, -0.2) is 35.7 Å². The van der Waals surface area contributed by atoms with Crippen LogP contribution in [0.2, 0.25) is 0 Å². The van der Waals surface area contributed by atoms with Crippen molar-refractivity contribution in [3.8, 4) is 11.1 Å². The van der Waals surface area contributed by atoms with E-state index in [1.807, 2.05) is 49.4 Å². The monoisotopic (exact) mass is 298 g/mol. The van der Waals surface area contributed by atoms with Crippen LogP contribution >= 0.6 is 0 Å². The van der Waals surface area contributed by atoms with E-state index in [0.717, 1.165) is 23.2 Å². The highest BCUT2D eigenvalue weighted by molar-refractivity contribution is 5.89. The van der Waals surface area contributed by atoms with Gasteiger partial charge in [0.1, 0.15) is 0 Å². The molecule has 2 aromatic rings. The smallest absolute Gasteiger partial charge is 0.321 e. The highest BCUT2D eigenvalue weighted by atomic mass is 16.3. The van der Waals surface area contributed by atoms with Crippen LogP contribution in [0.15, 0.2) is 54.6 Å². The summed E-state index contributed by atoms with van der Waals surface area (Å²) in [6.07, 6.45) is 0.861. The number of urea groups is 1. The Hall–Kier alpha value is -2.33. The van der Waals surface area contributed by atoms with Crippen LogP contribution in [0, 0.1) is 0 Å². The van der Waals surface area contributed by atoms with Crippen molar-refractivity contribution in [3.05, 3.63) is 54.6 Å². The average molecular weight is 298 g/mol. The van der Waals surface area contributed by atoms with E-state index in [4.69, 9.17) is 5.11 Å². The lowest BCUT2D eigenvalue weighted by Crippen LogP contribution is -2.37. The Bertz CT molecular complexity index is 576. The minimum absolute atomic E-state index is 0.0274. The molecule has 0 saturated heterocycles. The number of aliphatic hydroxyl groups is 1. The summed E-state index contributed by atoms with van der Waals surface area (Å²) >= 11 is 0. The fourth-order valence-electron chi connectivity index (χ4n) is 2.28. The molecule has 0 aliphatic heterocycles. The van der Waals surface area contributed by atoms with E-state index >= 15 is 0 Å². The molecule has 0 fully saturated rings. The third-order valence-electron chi connectivity index (χ3n) is 3.39. The maximum absolute atomic E-state index is 12.2. The first-order chi connectivity index (χ1) is 10.7. The largest absolute Gasteiger partial charge is 0.395 e. The molecule has 2 aromatic carbocycles. The lowest BCUT2D eigenvalue weighted by Gasteiger charge is -2.21. The summed E-state index contributed by atoms with van der Waals surface area (Å²) in [5.41, 5.74) is 3.01. The Labute approximate surface area is 131 Å². The number of hydrogen-bond donors (Lipinski definition) is 2. The summed E-state index contributed by atoms with van der Waals surface area (Å²) in [5, 5.41) is 11.9. The Morgan fingerprint density at radius 2 is 1.64 bits per heavy atom. The van der Waals surface area contributed by atoms with Crippen LogP contribution in [0.3, 0.4) is 0 Å². The number of amides is 2. The lowest BCUT2D eigenvalue weighted by molar-refractivity contribution is 0.188. The molecule has 4 nitrogen and oxygen atoms in total. The summed E-state index contributed by atoms with van der Waals surface area (Å²) in [5.74, 6) is 0. The molecule has 0 heterocycles. The minimum atomic E-state index is -0.177. The van der Waals surface area contributed by atoms with Gasteiger partial charge in [-0.3, -0.25) is 0 Å². The van der Waals surface area contributed by atoms with Gasteiger partial charge in [0.25, 0.3) is 0 Å². The molecule has 0 aliphatic carbocycles. The number of carbonyl (C=O) groups is 1. The van der Waals surface area contributed by atoms with E-state index in [1.54, 1.807) is 4.90 Å². The Morgan fingerprint density at radius 1 is 1.00 bits per heavy atom. The number of anilines is 1. The number of nitrogens with one attached hydrogen (secondary N) is 1. The maximum Gasteiger partial charge on any atom is 0.321 e. The quantitative estimate of drug-likeness (QED) is 0.856. The maximum atomic E-state index is 12.2. The topological polar surface area (TPSA) is 52.6 Å². The van der Waals surface area contributed by atoms with Crippen molar-refractivity contribution >= 4 is 11.7 Å². The molecule has 2 rings (SSSR count). The Kier molecular flexibility index (Phi) is 5.98. The van der Waals surface area contributed by atoms with Gasteiger partial charge in [-0.1, -0.05) is 49.4 Å². The summed E-state index contributed by atoms with van der Waals surface area (Å²) in [6, 6.07) is 17.7. The SMILES string of the molecule is CCCN(CCO)C(=O)Nc1ccc(-c2ccccc2)cc1. The zero-order chi connectivity index (χ0) is 15.8. The van der Waals surface area contributed by atoms with Crippen molar-refractivity contribution in [1.82, 2.24) is 4.90 Å². The molecular weight excluding hydrogens is 276 g/mol. The van der Waals surface area contributed by atoms with Gasteiger partial charge in [-0.25, -0.2) is 4.79 Å². The summed E-state index contributed by atoms with van der Waals surface area (Å²) in [4.78, 5) is 13.8. The second kappa shape index (κ2) is 8.20. The van der Waals surface area contributed by atoms with Crippen molar-refractivity contribution < 1.29 is 9.90 Å². The third kappa shape index (κ3) is 4.33. The molecule has 0 spiro atoms. The molecule has 0 atom stereocenters. The van der Waals surface area contributed by atoms with Crippen LogP contribution < -0.4 is 5.32 Å². The van der Waals surface area contributed by atoms with Gasteiger partial charge in [0.15, 0.2) is 0 Å². The van der Waals surface area contributed by atoms with Crippen LogP contribution in [0.25, 0.3) is 11.1 Å². The van der Waals surface area contributed by atoms with Gasteiger partial charge >= 0.3 is 6.03 Å². The first-order valence-corrected chi connectivity index (χ1v) is 7.57. The fraction of sp³-hybridized carbons (Fsp3) is 0.278. The van der Waals surface area contributed by atoms with E-state index in [2.05, 4.69) is 17.4 Å². The van der Waals surface area contributed by atoms with E-state index in [-0.39, 0.29) is 12.6 Å². The van der Waals surface area contributed by atoms with Crippen LogP contribution in [0.5, 0.6) is 0 Å². The first kappa shape index (κ1) is 16.0. The number of rotatable bonds is 6. The van der Waals surface area contributed by atoms with Crippen LogP contribution in [0.1, 0.15) is 13.3 Å². The summed E-state index contributed by atoms with van der Waals surface area (Å²) in [7, 11) is 0. The molecule has 0 aliphatic rings. The van der Waals surface area contributed by atoms with Crippen molar-refractivity contribution in [2.45, 2.75) is 13.3 Å². The van der Waals surface area contributed by atoms with Gasteiger partial charge in [0, 0.05) is 18.8 Å². The molecule has 116 valence electrons. The number of benzene rings is 2. The fourth-order valence-corrected chi connectivity index (χ4v) is 2.28. The van der Waals surface area contributed by atoms with Crippen molar-refractivity contribution in [3.63, 3.8) is 0 Å². The summed E-state index contributed by atoms with van der Waals surface area (Å²) in [6.45, 7) is 2.96. The summed E-state index contributed by atoms with van der Waals surface area (Å²) < 4.78 is 0. The van der Waals surface area contributed by atoms with Crippen LogP contribution in [0.4, 0.5) is 10.5 Å². The Morgan fingerprint density at radius 3 is 2.23 bits per heavy atom. The van der Waals surface area contributed by atoms with Gasteiger partial charge in [0.05, 0.1) is 6.61 Å². The molecule has 2 amide bonds. The predicted molar refractivity (Wildman–Crippen MR) is 89.8 cm³/mol. The van der Waals surface area contributed by atoms with E-state index in [1.165, 1.54) is 0 Å². The van der Waals surface area contributed by atoms with Crippen LogP contribution in [-0.2, 0) is 0 Å². The van der Waals surface area contributed by atoms with Gasteiger partial charge < -0.3 is 15.3 Å². The second-order valence-corrected chi connectivity index (χ2v) is 5.08.